The Morgan fingerprint density at radius 3 is 2.61 bits per heavy atom. The normalized spacial score (nSPS) is 16.6. The highest BCUT2D eigenvalue weighted by Gasteiger charge is 2.23. The zero-order valence-corrected chi connectivity index (χ0v) is 12.1. The largest absolute Gasteiger partial charge is 0.490 e. The van der Waals surface area contributed by atoms with Crippen LogP contribution in [-0.2, 0) is 0 Å². The first kappa shape index (κ1) is 13.8. The summed E-state index contributed by atoms with van der Waals surface area (Å²) < 4.78 is 5.78. The molecule has 0 radical (unpaired) electrons. The fourth-order valence-corrected chi connectivity index (χ4v) is 2.50. The van der Waals surface area contributed by atoms with Crippen molar-refractivity contribution in [2.45, 2.75) is 38.3 Å². The second-order valence-electron chi connectivity index (χ2n) is 4.78. The lowest BCUT2D eigenvalue weighted by Crippen LogP contribution is -2.21. The summed E-state index contributed by atoms with van der Waals surface area (Å²) in [5.74, 6) is 2.21. The Balaban J connectivity index is 1.95. The summed E-state index contributed by atoms with van der Waals surface area (Å²) in [5, 5.41) is 3.55. The van der Waals surface area contributed by atoms with Crippen molar-refractivity contribution >= 4 is 11.8 Å². The fourth-order valence-electron chi connectivity index (χ4n) is 2.03. The van der Waals surface area contributed by atoms with E-state index >= 15 is 0 Å². The van der Waals surface area contributed by atoms with Crippen molar-refractivity contribution in [1.29, 1.82) is 0 Å². The first-order valence-corrected chi connectivity index (χ1v) is 8.21. The summed E-state index contributed by atoms with van der Waals surface area (Å²) in [6.07, 6.45) is 6.26. The van der Waals surface area contributed by atoms with E-state index in [0.717, 1.165) is 12.3 Å². The minimum atomic E-state index is 0.470. The van der Waals surface area contributed by atoms with Crippen LogP contribution in [0.4, 0.5) is 0 Å². The van der Waals surface area contributed by atoms with Crippen LogP contribution in [0.15, 0.2) is 24.3 Å². The van der Waals surface area contributed by atoms with Crippen LogP contribution < -0.4 is 10.1 Å². The highest BCUT2D eigenvalue weighted by Crippen LogP contribution is 2.28. The van der Waals surface area contributed by atoms with Gasteiger partial charge in [-0.3, -0.25) is 0 Å². The molecule has 2 rings (SSSR count). The molecule has 18 heavy (non-hydrogen) atoms. The Hall–Kier alpha value is -0.670. The van der Waals surface area contributed by atoms with Crippen LogP contribution in [0, 0.1) is 0 Å². The van der Waals surface area contributed by atoms with Crippen molar-refractivity contribution in [3.63, 3.8) is 0 Å². The molecule has 2 nitrogen and oxygen atoms in total. The van der Waals surface area contributed by atoms with Crippen LogP contribution in [0.3, 0.4) is 0 Å². The van der Waals surface area contributed by atoms with E-state index in [9.17, 15) is 0 Å². The average Bonchev–Trinajstić information content (AvgIpc) is 3.19. The van der Waals surface area contributed by atoms with Crippen molar-refractivity contribution in [2.24, 2.45) is 0 Å². The zero-order chi connectivity index (χ0) is 12.8. The number of hydrogen-bond acceptors (Lipinski definition) is 3. The molecule has 1 aromatic rings. The van der Waals surface area contributed by atoms with E-state index in [1.807, 2.05) is 11.8 Å². The Bertz CT molecular complexity index is 348. The molecule has 1 unspecified atom stereocenters. The van der Waals surface area contributed by atoms with Gasteiger partial charge in [-0.15, -0.1) is 0 Å². The molecule has 1 N–H and O–H groups in total. The summed E-state index contributed by atoms with van der Waals surface area (Å²) in [4.78, 5) is 0. The molecule has 0 aromatic heterocycles. The molecular formula is C15H23NOS. The Labute approximate surface area is 114 Å². The first-order valence-electron chi connectivity index (χ1n) is 6.82. The maximum Gasteiger partial charge on any atom is 0.119 e. The zero-order valence-electron chi connectivity index (χ0n) is 11.3. The number of nitrogens with one attached hydrogen (secondary N) is 1. The predicted octanol–water partition coefficient (Wildman–Crippen LogP) is 3.63. The van der Waals surface area contributed by atoms with Crippen molar-refractivity contribution in [3.05, 3.63) is 29.8 Å². The molecule has 0 amide bonds. The molecule has 0 heterocycles. The third-order valence-corrected chi connectivity index (χ3v) is 3.81. The molecule has 1 saturated carbocycles. The third kappa shape index (κ3) is 4.21. The summed E-state index contributed by atoms with van der Waals surface area (Å²) in [6.45, 7) is 3.18. The van der Waals surface area contributed by atoms with Gasteiger partial charge in [-0.25, -0.2) is 0 Å². The molecule has 100 valence electrons. The van der Waals surface area contributed by atoms with Gasteiger partial charge in [0.25, 0.3) is 0 Å². The van der Waals surface area contributed by atoms with Gasteiger partial charge in [0.15, 0.2) is 0 Å². The van der Waals surface area contributed by atoms with E-state index in [1.165, 1.54) is 30.6 Å². The quantitative estimate of drug-likeness (QED) is 0.775. The van der Waals surface area contributed by atoms with Crippen LogP contribution in [0.2, 0.25) is 0 Å². The SMILES string of the molecule is CCNC(CCSC)c1ccc(OC2CC2)cc1. The van der Waals surface area contributed by atoms with Gasteiger partial charge in [0.1, 0.15) is 5.75 Å². The van der Waals surface area contributed by atoms with Crippen LogP contribution in [0.1, 0.15) is 37.8 Å². The molecule has 1 aromatic carbocycles. The standard InChI is InChI=1S/C15H23NOS/c1-3-16-15(10-11-18-2)12-4-6-13(7-5-12)17-14-8-9-14/h4-7,14-16H,3,8-11H2,1-2H3. The highest BCUT2D eigenvalue weighted by atomic mass is 32.2. The highest BCUT2D eigenvalue weighted by molar-refractivity contribution is 7.98. The number of thioether (sulfide) groups is 1. The third-order valence-electron chi connectivity index (χ3n) is 3.17. The lowest BCUT2D eigenvalue weighted by atomic mass is 10.0. The van der Waals surface area contributed by atoms with Gasteiger partial charge >= 0.3 is 0 Å². The van der Waals surface area contributed by atoms with Gasteiger partial charge in [0.05, 0.1) is 6.10 Å². The predicted molar refractivity (Wildman–Crippen MR) is 79.5 cm³/mol. The van der Waals surface area contributed by atoms with Crippen molar-refractivity contribution < 1.29 is 4.74 Å². The van der Waals surface area contributed by atoms with Gasteiger partial charge < -0.3 is 10.1 Å². The van der Waals surface area contributed by atoms with Crippen molar-refractivity contribution in [1.82, 2.24) is 5.32 Å². The van der Waals surface area contributed by atoms with Gasteiger partial charge in [-0.2, -0.15) is 11.8 Å². The summed E-state index contributed by atoms with van der Waals surface area (Å²) in [7, 11) is 0. The lowest BCUT2D eigenvalue weighted by Gasteiger charge is -2.18. The maximum absolute atomic E-state index is 5.78. The lowest BCUT2D eigenvalue weighted by molar-refractivity contribution is 0.303. The molecular weight excluding hydrogens is 242 g/mol. The van der Waals surface area contributed by atoms with Gasteiger partial charge in [-0.05, 0) is 55.5 Å². The smallest absolute Gasteiger partial charge is 0.119 e. The van der Waals surface area contributed by atoms with E-state index in [4.69, 9.17) is 4.74 Å². The van der Waals surface area contributed by atoms with Gasteiger partial charge in [-0.1, -0.05) is 19.1 Å². The molecule has 1 atom stereocenters. The molecule has 0 spiro atoms. The van der Waals surface area contributed by atoms with E-state index in [2.05, 4.69) is 42.8 Å². The Morgan fingerprint density at radius 2 is 2.06 bits per heavy atom. The van der Waals surface area contributed by atoms with E-state index < -0.39 is 0 Å². The number of rotatable bonds is 8. The maximum atomic E-state index is 5.78. The van der Waals surface area contributed by atoms with E-state index in [0.29, 0.717) is 12.1 Å². The van der Waals surface area contributed by atoms with E-state index in [-0.39, 0.29) is 0 Å². The topological polar surface area (TPSA) is 21.3 Å². The van der Waals surface area contributed by atoms with Crippen molar-refractivity contribution in [3.8, 4) is 5.75 Å². The van der Waals surface area contributed by atoms with Crippen LogP contribution in [-0.4, -0.2) is 24.7 Å². The molecule has 1 aliphatic rings. The Morgan fingerprint density at radius 1 is 1.33 bits per heavy atom. The number of ether oxygens (including phenoxy) is 1. The summed E-state index contributed by atoms with van der Waals surface area (Å²) in [5.41, 5.74) is 1.37. The number of benzene rings is 1. The molecule has 0 saturated heterocycles. The van der Waals surface area contributed by atoms with Gasteiger partial charge in [0.2, 0.25) is 0 Å². The molecule has 3 heteroatoms. The minimum absolute atomic E-state index is 0.470. The molecule has 1 aliphatic carbocycles. The average molecular weight is 265 g/mol. The second-order valence-corrected chi connectivity index (χ2v) is 5.76. The van der Waals surface area contributed by atoms with Crippen molar-refractivity contribution in [2.75, 3.05) is 18.6 Å². The molecule has 1 fully saturated rings. The first-order chi connectivity index (χ1) is 8.83. The second kappa shape index (κ2) is 7.05. The Kier molecular flexibility index (Phi) is 5.39. The van der Waals surface area contributed by atoms with E-state index in [1.54, 1.807) is 0 Å². The van der Waals surface area contributed by atoms with Gasteiger partial charge in [0, 0.05) is 6.04 Å². The number of hydrogen-bond donors (Lipinski definition) is 1. The van der Waals surface area contributed by atoms with Crippen LogP contribution >= 0.6 is 11.8 Å². The monoisotopic (exact) mass is 265 g/mol. The fraction of sp³-hybridized carbons (Fsp3) is 0.600. The molecule has 0 bridgehead atoms. The summed E-state index contributed by atoms with van der Waals surface area (Å²) in [6, 6.07) is 9.09. The molecule has 0 aliphatic heterocycles. The van der Waals surface area contributed by atoms with Crippen LogP contribution in [0.5, 0.6) is 5.75 Å². The minimum Gasteiger partial charge on any atom is -0.490 e. The van der Waals surface area contributed by atoms with Crippen LogP contribution in [0.25, 0.3) is 0 Å². The summed E-state index contributed by atoms with van der Waals surface area (Å²) >= 11 is 1.91.